The van der Waals surface area contributed by atoms with Crippen molar-refractivity contribution in [2.75, 3.05) is 0 Å². The van der Waals surface area contributed by atoms with Gasteiger partial charge in [0.25, 0.3) is 0 Å². The number of rotatable bonds is 4. The molecule has 0 amide bonds. The highest BCUT2D eigenvalue weighted by molar-refractivity contribution is 7.87. The van der Waals surface area contributed by atoms with Crippen molar-refractivity contribution in [1.29, 1.82) is 0 Å². The Morgan fingerprint density at radius 1 is 1.14 bits per heavy atom. The first-order valence-electron chi connectivity index (χ1n) is 6.11. The van der Waals surface area contributed by atoms with E-state index < -0.39 is 10.1 Å². The molecule has 0 aliphatic heterocycles. The molecule has 0 spiro atoms. The molecule has 0 N–H and O–H groups in total. The third-order valence-corrected chi connectivity index (χ3v) is 4.49. The van der Waals surface area contributed by atoms with Crippen LogP contribution in [0, 0.1) is 6.92 Å². The van der Waals surface area contributed by atoms with E-state index in [0.29, 0.717) is 16.1 Å². The van der Waals surface area contributed by atoms with E-state index in [1.807, 2.05) is 0 Å². The van der Waals surface area contributed by atoms with Crippen LogP contribution in [-0.4, -0.2) is 14.2 Å². The van der Waals surface area contributed by atoms with Gasteiger partial charge in [-0.2, -0.15) is 8.42 Å². The Hall–Kier alpha value is -1.85. The van der Waals surface area contributed by atoms with Gasteiger partial charge < -0.3 is 4.18 Å². The molecule has 0 unspecified atom stereocenters. The molecule has 0 saturated heterocycles. The number of ketones is 1. The van der Waals surface area contributed by atoms with Gasteiger partial charge in [-0.05, 0) is 43.7 Å². The molecule has 2 rings (SSSR count). The summed E-state index contributed by atoms with van der Waals surface area (Å²) in [6.45, 7) is 3.05. The molecule has 0 heterocycles. The number of aryl methyl sites for hydroxylation is 1. The van der Waals surface area contributed by atoms with Gasteiger partial charge in [0.2, 0.25) is 0 Å². The number of Topliss-reactive ketones (excluding diaryl/α,β-unsaturated/α-hetero) is 1. The molecule has 2 aromatic rings. The molecule has 0 aromatic heterocycles. The third kappa shape index (κ3) is 3.62. The Morgan fingerprint density at radius 3 is 2.52 bits per heavy atom. The minimum absolute atomic E-state index is 0.00299. The second-order valence-electron chi connectivity index (χ2n) is 4.53. The maximum absolute atomic E-state index is 12.3. The lowest BCUT2D eigenvalue weighted by Gasteiger charge is -2.10. The predicted molar refractivity (Wildman–Crippen MR) is 80.4 cm³/mol. The van der Waals surface area contributed by atoms with Gasteiger partial charge in [0.05, 0.1) is 0 Å². The van der Waals surface area contributed by atoms with Crippen molar-refractivity contribution < 1.29 is 17.4 Å². The highest BCUT2D eigenvalue weighted by Crippen LogP contribution is 2.24. The van der Waals surface area contributed by atoms with Gasteiger partial charge >= 0.3 is 10.1 Å². The topological polar surface area (TPSA) is 60.4 Å². The summed E-state index contributed by atoms with van der Waals surface area (Å²) in [7, 11) is -4.00. The minimum atomic E-state index is -4.00. The fourth-order valence-electron chi connectivity index (χ4n) is 1.78. The maximum atomic E-state index is 12.3. The maximum Gasteiger partial charge on any atom is 0.339 e. The van der Waals surface area contributed by atoms with Crippen molar-refractivity contribution in [2.45, 2.75) is 18.7 Å². The minimum Gasteiger partial charge on any atom is -0.379 e. The summed E-state index contributed by atoms with van der Waals surface area (Å²) in [5, 5.41) is 0.306. The second kappa shape index (κ2) is 5.87. The van der Waals surface area contributed by atoms with Crippen LogP contribution in [0.4, 0.5) is 0 Å². The molecule has 110 valence electrons. The zero-order valence-corrected chi connectivity index (χ0v) is 13.0. The summed E-state index contributed by atoms with van der Waals surface area (Å²) in [5.41, 5.74) is 0.910. The van der Waals surface area contributed by atoms with Crippen LogP contribution in [0.1, 0.15) is 22.8 Å². The Balaban J connectivity index is 2.40. The molecule has 0 aliphatic carbocycles. The fourth-order valence-corrected chi connectivity index (χ4v) is 3.20. The van der Waals surface area contributed by atoms with E-state index in [9.17, 15) is 13.2 Å². The van der Waals surface area contributed by atoms with Gasteiger partial charge in [0, 0.05) is 10.6 Å². The zero-order valence-electron chi connectivity index (χ0n) is 11.5. The molecule has 21 heavy (non-hydrogen) atoms. The summed E-state index contributed by atoms with van der Waals surface area (Å²) in [6, 6.07) is 10.6. The molecule has 0 aliphatic rings. The number of hydrogen-bond acceptors (Lipinski definition) is 4. The van der Waals surface area contributed by atoms with Crippen molar-refractivity contribution >= 4 is 27.5 Å². The van der Waals surface area contributed by atoms with Crippen molar-refractivity contribution in [3.8, 4) is 5.75 Å². The van der Waals surface area contributed by atoms with E-state index in [1.165, 1.54) is 25.1 Å². The Bertz CT molecular complexity index is 797. The van der Waals surface area contributed by atoms with Gasteiger partial charge in [0.1, 0.15) is 10.6 Å². The summed E-state index contributed by atoms with van der Waals surface area (Å²) in [6.07, 6.45) is 0. The van der Waals surface area contributed by atoms with E-state index >= 15 is 0 Å². The van der Waals surface area contributed by atoms with Gasteiger partial charge in [-0.15, -0.1) is 0 Å². The Labute approximate surface area is 128 Å². The Morgan fingerprint density at radius 2 is 1.86 bits per heavy atom. The second-order valence-corrected chi connectivity index (χ2v) is 6.48. The number of carbonyl (C=O) groups is 1. The third-order valence-electron chi connectivity index (χ3n) is 2.87. The van der Waals surface area contributed by atoms with E-state index in [-0.39, 0.29) is 16.4 Å². The molecule has 6 heteroatoms. The molecule has 0 fully saturated rings. The van der Waals surface area contributed by atoms with Crippen molar-refractivity contribution in [3.63, 3.8) is 0 Å². The first kappa shape index (κ1) is 15.5. The monoisotopic (exact) mass is 324 g/mol. The summed E-state index contributed by atoms with van der Waals surface area (Å²) in [4.78, 5) is 11.3. The fraction of sp³-hybridized carbons (Fsp3) is 0.133. The van der Waals surface area contributed by atoms with Crippen molar-refractivity contribution in [1.82, 2.24) is 0 Å². The van der Waals surface area contributed by atoms with Gasteiger partial charge in [-0.25, -0.2) is 0 Å². The van der Waals surface area contributed by atoms with Crippen LogP contribution in [0.3, 0.4) is 0 Å². The van der Waals surface area contributed by atoms with Gasteiger partial charge in [0.15, 0.2) is 5.78 Å². The van der Waals surface area contributed by atoms with E-state index in [1.54, 1.807) is 31.2 Å². The standard InChI is InChI=1S/C15H13ClO4S/c1-10-6-7-13(16)9-15(10)21(18,19)20-14-5-3-4-12(8-14)11(2)17/h3-9H,1-2H3. The normalized spacial score (nSPS) is 11.2. The van der Waals surface area contributed by atoms with Gasteiger partial charge in [-0.3, -0.25) is 4.79 Å². The first-order chi connectivity index (χ1) is 9.79. The lowest BCUT2D eigenvalue weighted by Crippen LogP contribution is -2.11. The van der Waals surface area contributed by atoms with Crippen molar-refractivity contribution in [2.24, 2.45) is 0 Å². The summed E-state index contributed by atoms with van der Waals surface area (Å²) >= 11 is 5.83. The van der Waals surface area contributed by atoms with Gasteiger partial charge in [-0.1, -0.05) is 29.8 Å². The first-order valence-corrected chi connectivity index (χ1v) is 7.90. The van der Waals surface area contributed by atoms with E-state index in [4.69, 9.17) is 15.8 Å². The summed E-state index contributed by atoms with van der Waals surface area (Å²) < 4.78 is 29.7. The van der Waals surface area contributed by atoms with Crippen LogP contribution < -0.4 is 4.18 Å². The average molecular weight is 325 g/mol. The van der Waals surface area contributed by atoms with E-state index in [0.717, 1.165) is 0 Å². The Kier molecular flexibility index (Phi) is 4.34. The van der Waals surface area contributed by atoms with Crippen LogP contribution in [-0.2, 0) is 10.1 Å². The molecule has 0 atom stereocenters. The highest BCUT2D eigenvalue weighted by Gasteiger charge is 2.20. The molecule has 0 saturated carbocycles. The van der Waals surface area contributed by atoms with Crippen molar-refractivity contribution in [3.05, 3.63) is 58.6 Å². The number of carbonyl (C=O) groups excluding carboxylic acids is 1. The zero-order chi connectivity index (χ0) is 15.6. The largest absolute Gasteiger partial charge is 0.379 e. The molecule has 0 bridgehead atoms. The number of halogens is 1. The van der Waals surface area contributed by atoms with Crippen LogP contribution in [0.5, 0.6) is 5.75 Å². The van der Waals surface area contributed by atoms with E-state index in [2.05, 4.69) is 0 Å². The molecule has 2 aromatic carbocycles. The predicted octanol–water partition coefficient (Wildman–Crippen LogP) is 3.62. The lowest BCUT2D eigenvalue weighted by atomic mass is 10.1. The lowest BCUT2D eigenvalue weighted by molar-refractivity contribution is 0.101. The van der Waals surface area contributed by atoms with Crippen LogP contribution in [0.25, 0.3) is 0 Å². The van der Waals surface area contributed by atoms with Crippen LogP contribution in [0.2, 0.25) is 5.02 Å². The van der Waals surface area contributed by atoms with Crippen LogP contribution in [0.15, 0.2) is 47.4 Å². The smallest absolute Gasteiger partial charge is 0.339 e. The van der Waals surface area contributed by atoms with Crippen LogP contribution >= 0.6 is 11.6 Å². The molecule has 0 radical (unpaired) electrons. The average Bonchev–Trinajstić information content (AvgIpc) is 2.41. The number of benzene rings is 2. The number of hydrogen-bond donors (Lipinski definition) is 0. The SMILES string of the molecule is CC(=O)c1cccc(OS(=O)(=O)c2cc(Cl)ccc2C)c1. The summed E-state index contributed by atoms with van der Waals surface area (Å²) in [5.74, 6) is -0.0844. The quantitative estimate of drug-likeness (QED) is 0.636. The molecule has 4 nitrogen and oxygen atoms in total. The molecular formula is C15H13ClO4S. The molecular weight excluding hydrogens is 312 g/mol. The highest BCUT2D eigenvalue weighted by atomic mass is 35.5.